The van der Waals surface area contributed by atoms with Gasteiger partial charge in [-0.25, -0.2) is 0 Å². The Morgan fingerprint density at radius 3 is 1.09 bits per heavy atom. The van der Waals surface area contributed by atoms with Crippen molar-refractivity contribution in [1.82, 2.24) is 0 Å². The molecule has 0 saturated heterocycles. The van der Waals surface area contributed by atoms with Gasteiger partial charge in [0.1, 0.15) is 0 Å². The van der Waals surface area contributed by atoms with E-state index in [9.17, 15) is 0 Å². The van der Waals surface area contributed by atoms with Gasteiger partial charge in [0.05, 0.1) is 0 Å². The average molecular weight is 192 g/mol. The van der Waals surface area contributed by atoms with Crippen LogP contribution in [0.3, 0.4) is 0 Å². The summed E-state index contributed by atoms with van der Waals surface area (Å²) in [5, 5.41) is 0. The van der Waals surface area contributed by atoms with Crippen LogP contribution in [0.2, 0.25) is 0 Å². The second kappa shape index (κ2) is 22.6. The van der Waals surface area contributed by atoms with Gasteiger partial charge >= 0.3 is 0 Å². The predicted molar refractivity (Wildman–Crippen MR) is 50.9 cm³/mol. The van der Waals surface area contributed by atoms with Crippen LogP contribution in [0.15, 0.2) is 30.3 Å². The molecule has 11 heavy (non-hydrogen) atoms. The zero-order valence-corrected chi connectivity index (χ0v) is 8.95. The summed E-state index contributed by atoms with van der Waals surface area (Å²) in [4.78, 5) is 0. The normalized spacial score (nSPS) is 4.36. The summed E-state index contributed by atoms with van der Waals surface area (Å²) in [6.45, 7) is 0. The number of rotatable bonds is 0. The van der Waals surface area contributed by atoms with E-state index in [4.69, 9.17) is 0 Å². The van der Waals surface area contributed by atoms with E-state index in [1.165, 1.54) is 0 Å². The van der Waals surface area contributed by atoms with E-state index >= 15 is 0 Å². The fourth-order valence-corrected chi connectivity index (χ4v) is 0.342. The first-order valence-electron chi connectivity index (χ1n) is 1.91. The van der Waals surface area contributed by atoms with E-state index in [1.807, 2.05) is 30.3 Å². The summed E-state index contributed by atoms with van der Waals surface area (Å²) in [6, 6.07) is 12.5. The third-order valence-corrected chi connectivity index (χ3v) is 0.607. The van der Waals surface area contributed by atoms with Crippen molar-refractivity contribution in [3.63, 3.8) is 0 Å². The van der Waals surface area contributed by atoms with Crippen molar-refractivity contribution in [3.8, 4) is 0 Å². The zero-order valence-electron chi connectivity index (χ0n) is 7.76. The van der Waals surface area contributed by atoms with Gasteiger partial charge in [-0.15, -0.1) is 0 Å². The molecule has 1 rings (SSSR count). The molecule has 0 atom stereocenters. The minimum Gasteiger partial charge on any atom is -0.358 e. The molecule has 0 N–H and O–H groups in total. The molecule has 1 heteroatoms. The monoisotopic (exact) mass is 192 g/mol. The molecule has 0 spiro atoms. The van der Waals surface area contributed by atoms with E-state index in [-0.39, 0.29) is 46.8 Å². The van der Waals surface area contributed by atoms with Crippen molar-refractivity contribution in [2.45, 2.75) is 0 Å². The second-order valence-corrected chi connectivity index (χ2v) is 1.08. The molecule has 0 aromatic heterocycles. The Morgan fingerprint density at radius 1 is 0.636 bits per heavy atom. The van der Waals surface area contributed by atoms with Crippen LogP contribution in [0, 0.1) is 35.8 Å². The van der Waals surface area contributed by atoms with Crippen molar-refractivity contribution in [2.75, 3.05) is 0 Å². The molecule has 0 bridgehead atoms. The third kappa shape index (κ3) is 17.7. The van der Waals surface area contributed by atoms with Gasteiger partial charge in [-0.3, -0.25) is 0 Å². The van der Waals surface area contributed by atoms with Crippen LogP contribution in [0.4, 0.5) is 0 Å². The van der Waals surface area contributed by atoms with Crippen LogP contribution in [-0.2, 0) is 17.1 Å². The molecule has 0 unspecified atom stereocenters. The van der Waals surface area contributed by atoms with Gasteiger partial charge in [0.2, 0.25) is 0 Å². The van der Waals surface area contributed by atoms with Crippen molar-refractivity contribution < 1.29 is 17.1 Å². The molecule has 1 radical (unpaired) electrons. The molecule has 69 valence electrons. The van der Waals surface area contributed by atoms with Gasteiger partial charge in [-0.05, 0) is 0 Å². The molecule has 0 nitrogen and oxygen atoms in total. The molecule has 0 amide bonds. The number of hydrogen-bond donors (Lipinski definition) is 0. The molecular weight excluding hydrogens is 175 g/mol. The standard InChI is InChI=1S/C6H5.4CH3.Mn/c1-2-4-6-5-3-1;;;;;/h1-5H;4*1H3;/q5*-1;. The Labute approximate surface area is 83.5 Å². The van der Waals surface area contributed by atoms with Crippen molar-refractivity contribution in [1.29, 1.82) is 0 Å². The first-order chi connectivity index (χ1) is 3.00. The molecule has 1 aromatic carbocycles. The number of hydrogen-bond acceptors (Lipinski definition) is 0. The minimum absolute atomic E-state index is 0. The molecule has 0 aliphatic heterocycles. The maximum atomic E-state index is 2.89. The maximum absolute atomic E-state index is 2.89. The first-order valence-corrected chi connectivity index (χ1v) is 1.91. The Kier molecular flexibility index (Phi) is 63.5. The maximum Gasteiger partial charge on any atom is 0 e. The zero-order chi connectivity index (χ0) is 4.24. The van der Waals surface area contributed by atoms with Crippen molar-refractivity contribution in [3.05, 3.63) is 66.1 Å². The van der Waals surface area contributed by atoms with E-state index in [0.717, 1.165) is 0 Å². The topological polar surface area (TPSA) is 0 Å². The Bertz CT molecular complexity index is 76.8. The van der Waals surface area contributed by atoms with Crippen LogP contribution in [0.5, 0.6) is 0 Å². The molecule has 0 heterocycles. The SMILES string of the molecule is [CH3-].[CH3-].[CH3-].[CH3-].[Mn].[c-]1ccccc1. The van der Waals surface area contributed by atoms with Crippen molar-refractivity contribution >= 4 is 0 Å². The van der Waals surface area contributed by atoms with E-state index in [1.54, 1.807) is 0 Å². The average Bonchev–Trinajstić information content (AvgIpc) is 1.72. The Morgan fingerprint density at radius 2 is 1.00 bits per heavy atom. The molecule has 0 aliphatic carbocycles. The van der Waals surface area contributed by atoms with Crippen molar-refractivity contribution in [2.24, 2.45) is 0 Å². The van der Waals surface area contributed by atoms with E-state index in [2.05, 4.69) is 6.07 Å². The minimum atomic E-state index is 0. The molecule has 0 aliphatic rings. The van der Waals surface area contributed by atoms with Gasteiger partial charge in [-0.1, -0.05) is 0 Å². The quantitative estimate of drug-likeness (QED) is 0.437. The predicted octanol–water partition coefficient (Wildman–Crippen LogP) is 3.29. The van der Waals surface area contributed by atoms with Crippen LogP contribution in [0.25, 0.3) is 0 Å². The Hall–Kier alpha value is -0.261. The van der Waals surface area contributed by atoms with Gasteiger partial charge in [0.15, 0.2) is 0 Å². The summed E-state index contributed by atoms with van der Waals surface area (Å²) in [5.41, 5.74) is 0. The van der Waals surface area contributed by atoms with Gasteiger partial charge in [-0.2, -0.15) is 36.4 Å². The fraction of sp³-hybridized carbons (Fsp3) is 0. The van der Waals surface area contributed by atoms with E-state index in [0.29, 0.717) is 0 Å². The second-order valence-electron chi connectivity index (χ2n) is 1.08. The number of benzene rings is 1. The fourth-order valence-electron chi connectivity index (χ4n) is 0.342. The summed E-state index contributed by atoms with van der Waals surface area (Å²) in [7, 11) is 0. The van der Waals surface area contributed by atoms with Crippen LogP contribution < -0.4 is 0 Å². The summed E-state index contributed by atoms with van der Waals surface area (Å²) < 4.78 is 0. The third-order valence-electron chi connectivity index (χ3n) is 0.607. The summed E-state index contributed by atoms with van der Waals surface area (Å²) >= 11 is 0. The van der Waals surface area contributed by atoms with Crippen LogP contribution >= 0.6 is 0 Å². The molecule has 0 saturated carbocycles. The van der Waals surface area contributed by atoms with E-state index < -0.39 is 0 Å². The largest absolute Gasteiger partial charge is 0.358 e. The smallest absolute Gasteiger partial charge is 0 e. The van der Waals surface area contributed by atoms with Gasteiger partial charge < -0.3 is 29.7 Å². The molecule has 0 fully saturated rings. The molecule has 1 aromatic rings. The Balaban J connectivity index is -0.0000000240. The van der Waals surface area contributed by atoms with Crippen LogP contribution in [0.1, 0.15) is 0 Å². The summed E-state index contributed by atoms with van der Waals surface area (Å²) in [5.74, 6) is 0. The first kappa shape index (κ1) is 30.9. The van der Waals surface area contributed by atoms with Gasteiger partial charge in [0.25, 0.3) is 0 Å². The van der Waals surface area contributed by atoms with Crippen LogP contribution in [-0.4, -0.2) is 0 Å². The van der Waals surface area contributed by atoms with Gasteiger partial charge in [0, 0.05) is 17.1 Å². The summed E-state index contributed by atoms with van der Waals surface area (Å²) in [6.07, 6.45) is 0. The molecular formula is C10H17Mn-5.